The summed E-state index contributed by atoms with van der Waals surface area (Å²) >= 11 is 0. The summed E-state index contributed by atoms with van der Waals surface area (Å²) in [6, 6.07) is 7.90. The zero-order valence-corrected chi connectivity index (χ0v) is 8.32. The minimum absolute atomic E-state index is 0.00121. The quantitative estimate of drug-likeness (QED) is 0.295. The molecule has 0 N–H and O–H groups in total. The monoisotopic (exact) mass is 177 g/mol. The second-order valence-corrected chi connectivity index (χ2v) is 3.49. The summed E-state index contributed by atoms with van der Waals surface area (Å²) in [4.78, 5) is 0. The van der Waals surface area contributed by atoms with E-state index in [9.17, 15) is 5.21 Å². The van der Waals surface area contributed by atoms with Gasteiger partial charge in [0.2, 0.25) is 0 Å². The highest BCUT2D eigenvalue weighted by Crippen LogP contribution is 2.00. The molecule has 0 heterocycles. The topological polar surface area (TPSA) is 26.1 Å². The average molecular weight is 177 g/mol. The van der Waals surface area contributed by atoms with E-state index in [4.69, 9.17) is 0 Å². The fourth-order valence-corrected chi connectivity index (χ4v) is 0.949. The van der Waals surface area contributed by atoms with Crippen molar-refractivity contribution in [2.75, 3.05) is 0 Å². The van der Waals surface area contributed by atoms with E-state index >= 15 is 0 Å². The van der Waals surface area contributed by atoms with Gasteiger partial charge in [0.15, 0.2) is 12.3 Å². The van der Waals surface area contributed by atoms with Gasteiger partial charge < -0.3 is 5.21 Å². The standard InChI is InChI=1S/C11H15NO/c1-9(2)12(13)8-11-6-4-10(3)5-7-11/h4-9H,1-3H3. The minimum atomic E-state index is 0.00121. The maximum atomic E-state index is 11.3. The molecule has 70 valence electrons. The van der Waals surface area contributed by atoms with Gasteiger partial charge >= 0.3 is 0 Å². The molecule has 1 rings (SSSR count). The fourth-order valence-electron chi connectivity index (χ4n) is 0.949. The van der Waals surface area contributed by atoms with Crippen LogP contribution in [0.5, 0.6) is 0 Å². The van der Waals surface area contributed by atoms with E-state index < -0.39 is 0 Å². The third kappa shape index (κ3) is 2.90. The maximum absolute atomic E-state index is 11.3. The molecule has 0 aliphatic carbocycles. The Bertz CT molecular complexity index is 298. The third-order valence-corrected chi connectivity index (χ3v) is 1.86. The van der Waals surface area contributed by atoms with Gasteiger partial charge in [-0.3, -0.25) is 0 Å². The van der Waals surface area contributed by atoms with Crippen LogP contribution < -0.4 is 0 Å². The van der Waals surface area contributed by atoms with Gasteiger partial charge in [0.1, 0.15) is 0 Å². The normalized spacial score (nSPS) is 12.2. The zero-order valence-electron chi connectivity index (χ0n) is 8.32. The summed E-state index contributed by atoms with van der Waals surface area (Å²) in [6.45, 7) is 5.77. The number of aryl methyl sites for hydroxylation is 1. The lowest BCUT2D eigenvalue weighted by molar-refractivity contribution is -0.487. The molecule has 0 bridgehead atoms. The Morgan fingerprint density at radius 2 is 1.77 bits per heavy atom. The number of hydrogen-bond donors (Lipinski definition) is 0. The lowest BCUT2D eigenvalue weighted by atomic mass is 10.2. The Balaban J connectivity index is 2.85. The molecule has 0 fully saturated rings. The SMILES string of the molecule is Cc1ccc(C=[N+]([O-])C(C)C)cc1. The van der Waals surface area contributed by atoms with Crippen LogP contribution in [-0.2, 0) is 0 Å². The summed E-state index contributed by atoms with van der Waals surface area (Å²) in [7, 11) is 0. The van der Waals surface area contributed by atoms with E-state index in [1.54, 1.807) is 6.21 Å². The Hall–Kier alpha value is -1.31. The molecule has 1 aromatic carbocycles. The van der Waals surface area contributed by atoms with Gasteiger partial charge in [0, 0.05) is 5.56 Å². The highest BCUT2D eigenvalue weighted by molar-refractivity contribution is 5.75. The first-order valence-electron chi connectivity index (χ1n) is 4.46. The molecule has 0 atom stereocenters. The van der Waals surface area contributed by atoms with E-state index in [0.717, 1.165) is 10.3 Å². The Morgan fingerprint density at radius 3 is 2.23 bits per heavy atom. The van der Waals surface area contributed by atoms with Gasteiger partial charge in [0.25, 0.3) is 0 Å². The summed E-state index contributed by atoms with van der Waals surface area (Å²) in [5.74, 6) is 0. The van der Waals surface area contributed by atoms with Crippen LogP contribution in [0.2, 0.25) is 0 Å². The summed E-state index contributed by atoms with van der Waals surface area (Å²) in [6.07, 6.45) is 1.62. The number of benzene rings is 1. The third-order valence-electron chi connectivity index (χ3n) is 1.86. The first kappa shape index (κ1) is 9.78. The van der Waals surface area contributed by atoms with Crippen LogP contribution in [0.1, 0.15) is 25.0 Å². The summed E-state index contributed by atoms with van der Waals surface area (Å²) < 4.78 is 0.963. The smallest absolute Gasteiger partial charge is 0.182 e. The van der Waals surface area contributed by atoms with Crippen molar-refractivity contribution in [3.63, 3.8) is 0 Å². The van der Waals surface area contributed by atoms with E-state index in [1.807, 2.05) is 45.0 Å². The lowest BCUT2D eigenvalue weighted by Gasteiger charge is -2.06. The van der Waals surface area contributed by atoms with Gasteiger partial charge in [-0.05, 0) is 32.9 Å². The first-order chi connectivity index (χ1) is 6.09. The van der Waals surface area contributed by atoms with Gasteiger partial charge in [0.05, 0.1) is 0 Å². The van der Waals surface area contributed by atoms with Gasteiger partial charge in [-0.1, -0.05) is 17.7 Å². The molecule has 0 aromatic heterocycles. The molecule has 13 heavy (non-hydrogen) atoms. The fraction of sp³-hybridized carbons (Fsp3) is 0.364. The molecule has 0 aliphatic heterocycles. The van der Waals surface area contributed by atoms with Crippen LogP contribution in [0.4, 0.5) is 0 Å². The van der Waals surface area contributed by atoms with Crippen LogP contribution in [0.3, 0.4) is 0 Å². The average Bonchev–Trinajstić information content (AvgIpc) is 2.08. The number of hydrogen-bond acceptors (Lipinski definition) is 1. The second kappa shape index (κ2) is 4.08. The first-order valence-corrected chi connectivity index (χ1v) is 4.46. The molecule has 1 aromatic rings. The van der Waals surface area contributed by atoms with Crippen LogP contribution in [0.15, 0.2) is 24.3 Å². The molecule has 0 saturated carbocycles. The number of rotatable bonds is 2. The van der Waals surface area contributed by atoms with Crippen molar-refractivity contribution in [2.24, 2.45) is 0 Å². The zero-order chi connectivity index (χ0) is 9.84. The summed E-state index contributed by atoms with van der Waals surface area (Å²) in [5.41, 5.74) is 2.16. The Kier molecular flexibility index (Phi) is 3.07. The number of nitrogens with zero attached hydrogens (tertiary/aromatic N) is 1. The van der Waals surface area contributed by atoms with Crippen LogP contribution in [-0.4, -0.2) is 17.0 Å². The van der Waals surface area contributed by atoms with Crippen molar-refractivity contribution in [2.45, 2.75) is 26.8 Å². The van der Waals surface area contributed by atoms with Crippen molar-refractivity contribution >= 4 is 6.21 Å². The molecule has 0 unspecified atom stereocenters. The van der Waals surface area contributed by atoms with Crippen LogP contribution >= 0.6 is 0 Å². The molecule has 2 heteroatoms. The molecule has 0 aliphatic rings. The molecule has 0 saturated heterocycles. The van der Waals surface area contributed by atoms with Crippen molar-refractivity contribution in [3.05, 3.63) is 40.6 Å². The molecular formula is C11H15NO. The largest absolute Gasteiger partial charge is 0.624 e. The molecule has 0 radical (unpaired) electrons. The van der Waals surface area contributed by atoms with Crippen molar-refractivity contribution in [3.8, 4) is 0 Å². The molecule has 2 nitrogen and oxygen atoms in total. The highest BCUT2D eigenvalue weighted by Gasteiger charge is 1.99. The van der Waals surface area contributed by atoms with Gasteiger partial charge in [-0.15, -0.1) is 0 Å². The second-order valence-electron chi connectivity index (χ2n) is 3.49. The van der Waals surface area contributed by atoms with Crippen molar-refractivity contribution < 1.29 is 4.74 Å². The lowest BCUT2D eigenvalue weighted by Crippen LogP contribution is -2.14. The Morgan fingerprint density at radius 1 is 1.23 bits per heavy atom. The predicted molar refractivity (Wildman–Crippen MR) is 55.1 cm³/mol. The predicted octanol–water partition coefficient (Wildman–Crippen LogP) is 2.33. The maximum Gasteiger partial charge on any atom is 0.182 e. The van der Waals surface area contributed by atoms with E-state index in [1.165, 1.54) is 5.56 Å². The van der Waals surface area contributed by atoms with E-state index in [0.29, 0.717) is 0 Å². The van der Waals surface area contributed by atoms with E-state index in [-0.39, 0.29) is 6.04 Å². The Labute approximate surface area is 79.1 Å². The van der Waals surface area contributed by atoms with Crippen LogP contribution in [0.25, 0.3) is 0 Å². The molecular weight excluding hydrogens is 162 g/mol. The van der Waals surface area contributed by atoms with E-state index in [2.05, 4.69) is 0 Å². The highest BCUT2D eigenvalue weighted by atomic mass is 16.5. The summed E-state index contributed by atoms with van der Waals surface area (Å²) in [5, 5.41) is 11.3. The van der Waals surface area contributed by atoms with Gasteiger partial charge in [-0.2, -0.15) is 0 Å². The molecule has 0 amide bonds. The number of hydroxylamine groups is 1. The minimum Gasteiger partial charge on any atom is -0.624 e. The van der Waals surface area contributed by atoms with Crippen molar-refractivity contribution in [1.82, 2.24) is 0 Å². The molecule has 0 spiro atoms. The van der Waals surface area contributed by atoms with Crippen LogP contribution in [0, 0.1) is 12.1 Å². The van der Waals surface area contributed by atoms with Gasteiger partial charge in [-0.25, -0.2) is 4.74 Å². The van der Waals surface area contributed by atoms with Crippen molar-refractivity contribution in [1.29, 1.82) is 0 Å².